The van der Waals surface area contributed by atoms with E-state index in [2.05, 4.69) is 10.6 Å². The predicted octanol–water partition coefficient (Wildman–Crippen LogP) is 2.15. The number of hydrogen-bond acceptors (Lipinski definition) is 4. The van der Waals surface area contributed by atoms with Crippen LogP contribution in [0.15, 0.2) is 24.3 Å². The number of anilines is 1. The molecule has 0 bridgehead atoms. The molecule has 0 spiro atoms. The first-order valence-electron chi connectivity index (χ1n) is 7.06. The highest BCUT2D eigenvalue weighted by Crippen LogP contribution is 2.25. The topological polar surface area (TPSA) is 67.4 Å². The van der Waals surface area contributed by atoms with Gasteiger partial charge in [-0.2, -0.15) is 0 Å². The van der Waals surface area contributed by atoms with E-state index in [1.54, 1.807) is 31.2 Å². The number of esters is 1. The summed E-state index contributed by atoms with van der Waals surface area (Å²) in [5, 5.41) is 5.07. The molecule has 2 N–H and O–H groups in total. The molecule has 1 aliphatic heterocycles. The zero-order valence-corrected chi connectivity index (χ0v) is 13.4. The van der Waals surface area contributed by atoms with Gasteiger partial charge in [-0.05, 0) is 24.6 Å². The van der Waals surface area contributed by atoms with E-state index in [0.717, 1.165) is 0 Å². The molecule has 23 heavy (non-hydrogen) atoms. The molecule has 0 saturated carbocycles. The SMILES string of the molecule is CCOC(=O)Cc1cccc(NC(=O)C2CC(F)(F)CN2)c1.Cl. The second kappa shape index (κ2) is 8.21. The highest BCUT2D eigenvalue weighted by atomic mass is 35.5. The van der Waals surface area contributed by atoms with Crippen LogP contribution in [0.1, 0.15) is 18.9 Å². The summed E-state index contributed by atoms with van der Waals surface area (Å²) in [6.45, 7) is 1.53. The molecule has 2 rings (SSSR count). The number of ether oxygens (including phenoxy) is 1. The fourth-order valence-electron chi connectivity index (χ4n) is 2.27. The van der Waals surface area contributed by atoms with Crippen molar-refractivity contribution in [3.8, 4) is 0 Å². The maximum Gasteiger partial charge on any atom is 0.310 e. The minimum absolute atomic E-state index is 0. The van der Waals surface area contributed by atoms with Crippen molar-refractivity contribution in [2.45, 2.75) is 31.7 Å². The molecule has 8 heteroatoms. The summed E-state index contributed by atoms with van der Waals surface area (Å²) in [4.78, 5) is 23.4. The third-order valence-electron chi connectivity index (χ3n) is 3.27. The zero-order valence-electron chi connectivity index (χ0n) is 12.6. The first-order valence-corrected chi connectivity index (χ1v) is 7.06. The normalized spacial score (nSPS) is 18.8. The highest BCUT2D eigenvalue weighted by molar-refractivity contribution is 5.95. The lowest BCUT2D eigenvalue weighted by atomic mass is 10.1. The summed E-state index contributed by atoms with van der Waals surface area (Å²) in [5.41, 5.74) is 1.14. The molecule has 0 aromatic heterocycles. The van der Waals surface area contributed by atoms with Crippen molar-refractivity contribution in [1.82, 2.24) is 5.32 Å². The van der Waals surface area contributed by atoms with Gasteiger partial charge in [0, 0.05) is 12.1 Å². The van der Waals surface area contributed by atoms with Crippen LogP contribution in [0.25, 0.3) is 0 Å². The van der Waals surface area contributed by atoms with Crippen molar-refractivity contribution in [2.75, 3.05) is 18.5 Å². The Morgan fingerprint density at radius 1 is 1.43 bits per heavy atom. The van der Waals surface area contributed by atoms with Crippen molar-refractivity contribution in [2.24, 2.45) is 0 Å². The van der Waals surface area contributed by atoms with Crippen molar-refractivity contribution < 1.29 is 23.1 Å². The van der Waals surface area contributed by atoms with Gasteiger partial charge >= 0.3 is 5.97 Å². The van der Waals surface area contributed by atoms with Gasteiger partial charge in [0.2, 0.25) is 5.91 Å². The molecule has 1 aliphatic rings. The van der Waals surface area contributed by atoms with Gasteiger partial charge in [-0.15, -0.1) is 12.4 Å². The van der Waals surface area contributed by atoms with E-state index in [1.807, 2.05) is 0 Å². The van der Waals surface area contributed by atoms with Gasteiger partial charge in [0.1, 0.15) is 0 Å². The molecular formula is C15H19ClF2N2O3. The minimum atomic E-state index is -2.85. The number of rotatable bonds is 5. The monoisotopic (exact) mass is 348 g/mol. The summed E-state index contributed by atoms with van der Waals surface area (Å²) in [6, 6.07) is 5.76. The lowest BCUT2D eigenvalue weighted by Crippen LogP contribution is -2.35. The Kier molecular flexibility index (Phi) is 6.90. The van der Waals surface area contributed by atoms with Crippen LogP contribution in [0.2, 0.25) is 0 Å². The number of nitrogens with one attached hydrogen (secondary N) is 2. The van der Waals surface area contributed by atoms with Crippen molar-refractivity contribution in [3.05, 3.63) is 29.8 Å². The van der Waals surface area contributed by atoms with Crippen LogP contribution in [0.3, 0.4) is 0 Å². The average Bonchev–Trinajstić information content (AvgIpc) is 2.80. The Hall–Kier alpha value is -1.73. The first kappa shape index (κ1) is 19.3. The fourth-order valence-corrected chi connectivity index (χ4v) is 2.27. The standard InChI is InChI=1S/C15H18F2N2O3.ClH/c1-2-22-13(20)7-10-4-3-5-11(6-10)19-14(21)12-8-15(16,17)9-18-12;/h3-6,12,18H,2,7-9H2,1H3,(H,19,21);1H. The number of amides is 1. The van der Waals surface area contributed by atoms with Gasteiger partial charge in [-0.25, -0.2) is 8.78 Å². The summed E-state index contributed by atoms with van der Waals surface area (Å²) in [6.07, 6.45) is -0.418. The van der Waals surface area contributed by atoms with E-state index in [-0.39, 0.29) is 24.8 Å². The van der Waals surface area contributed by atoms with E-state index in [9.17, 15) is 18.4 Å². The molecule has 1 heterocycles. The molecular weight excluding hydrogens is 330 g/mol. The largest absolute Gasteiger partial charge is 0.466 e. The Morgan fingerprint density at radius 3 is 2.78 bits per heavy atom. The van der Waals surface area contributed by atoms with E-state index < -0.39 is 30.8 Å². The molecule has 0 radical (unpaired) electrons. The third kappa shape index (κ3) is 5.76. The second-order valence-electron chi connectivity index (χ2n) is 5.16. The number of hydrogen-bond donors (Lipinski definition) is 2. The van der Waals surface area contributed by atoms with Crippen LogP contribution < -0.4 is 10.6 Å². The second-order valence-corrected chi connectivity index (χ2v) is 5.16. The molecule has 128 valence electrons. The van der Waals surface area contributed by atoms with Gasteiger partial charge < -0.3 is 10.1 Å². The highest BCUT2D eigenvalue weighted by Gasteiger charge is 2.42. The smallest absolute Gasteiger partial charge is 0.310 e. The van der Waals surface area contributed by atoms with E-state index >= 15 is 0 Å². The lowest BCUT2D eigenvalue weighted by Gasteiger charge is -2.12. The van der Waals surface area contributed by atoms with Crippen molar-refractivity contribution in [3.63, 3.8) is 0 Å². The Bertz CT molecular complexity index is 569. The Balaban J connectivity index is 0.00000264. The first-order chi connectivity index (χ1) is 10.4. The summed E-state index contributed by atoms with van der Waals surface area (Å²) < 4.78 is 31.0. The van der Waals surface area contributed by atoms with Crippen LogP contribution in [-0.2, 0) is 20.7 Å². The van der Waals surface area contributed by atoms with Gasteiger partial charge in [-0.3, -0.25) is 14.9 Å². The lowest BCUT2D eigenvalue weighted by molar-refractivity contribution is -0.142. The van der Waals surface area contributed by atoms with Crippen LogP contribution in [0.5, 0.6) is 0 Å². The molecule has 1 aromatic carbocycles. The molecule has 1 amide bonds. The fraction of sp³-hybridized carbons (Fsp3) is 0.467. The van der Waals surface area contributed by atoms with E-state index in [4.69, 9.17) is 4.74 Å². The predicted molar refractivity (Wildman–Crippen MR) is 84.0 cm³/mol. The number of halogens is 3. The third-order valence-corrected chi connectivity index (χ3v) is 3.27. The quantitative estimate of drug-likeness (QED) is 0.800. The van der Waals surface area contributed by atoms with Crippen molar-refractivity contribution in [1.29, 1.82) is 0 Å². The maximum absolute atomic E-state index is 13.1. The Labute approximate surface area is 139 Å². The summed E-state index contributed by atoms with van der Waals surface area (Å²) >= 11 is 0. The molecule has 1 atom stereocenters. The maximum atomic E-state index is 13.1. The molecule has 1 unspecified atom stereocenters. The van der Waals surface area contributed by atoms with Gasteiger partial charge in [0.25, 0.3) is 5.92 Å². The Morgan fingerprint density at radius 2 is 2.17 bits per heavy atom. The van der Waals surface area contributed by atoms with Gasteiger partial charge in [-0.1, -0.05) is 12.1 Å². The molecule has 1 saturated heterocycles. The number of carbonyl (C=O) groups excluding carboxylic acids is 2. The average molecular weight is 349 g/mol. The van der Waals surface area contributed by atoms with Crippen molar-refractivity contribution >= 4 is 30.0 Å². The van der Waals surface area contributed by atoms with Crippen LogP contribution in [-0.4, -0.2) is 37.0 Å². The summed E-state index contributed by atoms with van der Waals surface area (Å²) in [5.74, 6) is -3.72. The minimum Gasteiger partial charge on any atom is -0.466 e. The number of alkyl halides is 2. The molecule has 0 aliphatic carbocycles. The van der Waals surface area contributed by atoms with E-state index in [0.29, 0.717) is 17.9 Å². The van der Waals surface area contributed by atoms with E-state index in [1.165, 1.54) is 0 Å². The number of carbonyl (C=O) groups is 2. The molecule has 1 aromatic rings. The zero-order chi connectivity index (χ0) is 16.2. The van der Waals surface area contributed by atoms with Crippen LogP contribution in [0, 0.1) is 0 Å². The molecule has 5 nitrogen and oxygen atoms in total. The number of benzene rings is 1. The van der Waals surface area contributed by atoms with Crippen LogP contribution in [0.4, 0.5) is 14.5 Å². The van der Waals surface area contributed by atoms with Gasteiger partial charge in [0.05, 0.1) is 25.6 Å². The van der Waals surface area contributed by atoms with Crippen LogP contribution >= 0.6 is 12.4 Å². The summed E-state index contributed by atoms with van der Waals surface area (Å²) in [7, 11) is 0. The molecule has 1 fully saturated rings. The van der Waals surface area contributed by atoms with Gasteiger partial charge in [0.15, 0.2) is 0 Å².